The van der Waals surface area contributed by atoms with Crippen LogP contribution in [0.25, 0.3) is 0 Å². The van der Waals surface area contributed by atoms with Crippen molar-refractivity contribution in [2.45, 2.75) is 38.1 Å². The highest BCUT2D eigenvalue weighted by molar-refractivity contribution is 5.14. The van der Waals surface area contributed by atoms with Gasteiger partial charge in [-0.1, -0.05) is 5.57 Å². The molecule has 0 aromatic carbocycles. The summed E-state index contributed by atoms with van der Waals surface area (Å²) in [6.45, 7) is 2.20. The Balaban J connectivity index is 2.07. The molecule has 1 fully saturated rings. The van der Waals surface area contributed by atoms with Crippen molar-refractivity contribution < 1.29 is 0 Å². The van der Waals surface area contributed by atoms with Crippen LogP contribution in [0.15, 0.2) is 11.8 Å². The molecule has 0 atom stereocenters. The fraction of sp³-hybridized carbons (Fsp3) is 0.750. The van der Waals surface area contributed by atoms with Gasteiger partial charge in [0.05, 0.1) is 0 Å². The first-order chi connectivity index (χ1) is 4.31. The fourth-order valence-corrected chi connectivity index (χ4v) is 1.40. The fourth-order valence-electron chi connectivity index (χ4n) is 1.40. The van der Waals surface area contributed by atoms with E-state index in [2.05, 4.69) is 18.4 Å². The van der Waals surface area contributed by atoms with Crippen molar-refractivity contribution in [3.8, 4) is 0 Å². The molecule has 1 heterocycles. The van der Waals surface area contributed by atoms with Gasteiger partial charge in [-0.25, -0.2) is 0 Å². The largest absolute Gasteiger partial charge is 0.385 e. The van der Waals surface area contributed by atoms with Crippen LogP contribution in [0.3, 0.4) is 0 Å². The first-order valence-electron chi connectivity index (χ1n) is 3.74. The van der Waals surface area contributed by atoms with Gasteiger partial charge in [0.15, 0.2) is 0 Å². The second-order valence-electron chi connectivity index (χ2n) is 3.42. The molecule has 0 radical (unpaired) electrons. The van der Waals surface area contributed by atoms with Gasteiger partial charge < -0.3 is 5.32 Å². The van der Waals surface area contributed by atoms with Crippen LogP contribution in [0.5, 0.6) is 0 Å². The van der Waals surface area contributed by atoms with Gasteiger partial charge in [0.25, 0.3) is 0 Å². The number of rotatable bonds is 0. The molecule has 1 N–H and O–H groups in total. The highest BCUT2D eigenvalue weighted by Gasteiger charge is 2.42. The van der Waals surface area contributed by atoms with Crippen LogP contribution < -0.4 is 5.32 Å². The quantitative estimate of drug-likeness (QED) is 0.518. The Morgan fingerprint density at radius 3 is 2.67 bits per heavy atom. The van der Waals surface area contributed by atoms with Crippen LogP contribution in [0.2, 0.25) is 0 Å². The molecule has 0 aromatic heterocycles. The van der Waals surface area contributed by atoms with Crippen LogP contribution >= 0.6 is 0 Å². The zero-order valence-electron chi connectivity index (χ0n) is 5.91. The molecule has 1 spiro atoms. The molecule has 0 bridgehead atoms. The molecule has 2 aliphatic rings. The molecule has 1 aliphatic carbocycles. The number of hydrogen-bond donors (Lipinski definition) is 1. The monoisotopic (exact) mass is 123 g/mol. The Morgan fingerprint density at radius 1 is 1.44 bits per heavy atom. The van der Waals surface area contributed by atoms with E-state index < -0.39 is 0 Å². The highest BCUT2D eigenvalue weighted by atomic mass is 15.0. The average Bonchev–Trinajstić information content (AvgIpc) is 2.60. The van der Waals surface area contributed by atoms with Crippen molar-refractivity contribution in [1.29, 1.82) is 0 Å². The Labute approximate surface area is 56.1 Å². The molecule has 1 nitrogen and oxygen atoms in total. The van der Waals surface area contributed by atoms with E-state index in [0.29, 0.717) is 5.54 Å². The van der Waals surface area contributed by atoms with Crippen molar-refractivity contribution in [2.24, 2.45) is 0 Å². The second-order valence-corrected chi connectivity index (χ2v) is 3.42. The van der Waals surface area contributed by atoms with Crippen molar-refractivity contribution in [2.75, 3.05) is 0 Å². The second kappa shape index (κ2) is 1.53. The van der Waals surface area contributed by atoms with Crippen molar-refractivity contribution in [3.05, 3.63) is 11.8 Å². The normalized spacial score (nSPS) is 29.2. The van der Waals surface area contributed by atoms with Crippen molar-refractivity contribution in [1.82, 2.24) is 5.32 Å². The average molecular weight is 123 g/mol. The molecule has 0 saturated heterocycles. The summed E-state index contributed by atoms with van der Waals surface area (Å²) in [5.74, 6) is 0. The molecule has 1 saturated carbocycles. The first kappa shape index (κ1) is 5.33. The SMILES string of the molecule is CC1=CNC2(CC1)CC2. The minimum absolute atomic E-state index is 0.583. The van der Waals surface area contributed by atoms with Crippen LogP contribution in [0.1, 0.15) is 32.6 Å². The van der Waals surface area contributed by atoms with Crippen LogP contribution in [0.4, 0.5) is 0 Å². The zero-order valence-corrected chi connectivity index (χ0v) is 5.91. The minimum Gasteiger partial charge on any atom is -0.385 e. The lowest BCUT2D eigenvalue weighted by Gasteiger charge is -2.21. The van der Waals surface area contributed by atoms with Gasteiger partial charge in [0.1, 0.15) is 0 Å². The molecule has 0 aromatic rings. The lowest BCUT2D eigenvalue weighted by atomic mass is 10.0. The van der Waals surface area contributed by atoms with E-state index >= 15 is 0 Å². The molecule has 1 aliphatic heterocycles. The summed E-state index contributed by atoms with van der Waals surface area (Å²) in [5.41, 5.74) is 2.09. The highest BCUT2D eigenvalue weighted by Crippen LogP contribution is 2.42. The summed E-state index contributed by atoms with van der Waals surface area (Å²) in [7, 11) is 0. The molecule has 50 valence electrons. The molecular weight excluding hydrogens is 110 g/mol. The summed E-state index contributed by atoms with van der Waals surface area (Å²) < 4.78 is 0. The van der Waals surface area contributed by atoms with E-state index in [0.717, 1.165) is 0 Å². The Hall–Kier alpha value is -0.460. The predicted molar refractivity (Wildman–Crippen MR) is 38.1 cm³/mol. The molecule has 0 unspecified atom stereocenters. The molecule has 2 rings (SSSR count). The first-order valence-corrected chi connectivity index (χ1v) is 3.74. The van der Waals surface area contributed by atoms with E-state index in [4.69, 9.17) is 0 Å². The molecular formula is C8H13N. The molecule has 1 heteroatoms. The topological polar surface area (TPSA) is 12.0 Å². The standard InChI is InChI=1S/C8H13N/c1-7-2-3-8(4-5-8)9-6-7/h6,9H,2-5H2,1H3. The molecule has 0 amide bonds. The Bertz CT molecular complexity index is 154. The van der Waals surface area contributed by atoms with Crippen molar-refractivity contribution in [3.63, 3.8) is 0 Å². The number of nitrogens with one attached hydrogen (secondary N) is 1. The van der Waals surface area contributed by atoms with Crippen LogP contribution in [-0.2, 0) is 0 Å². The van der Waals surface area contributed by atoms with Crippen LogP contribution in [-0.4, -0.2) is 5.54 Å². The lowest BCUT2D eigenvalue weighted by molar-refractivity contribution is 0.500. The maximum absolute atomic E-state index is 3.46. The predicted octanol–water partition coefficient (Wildman–Crippen LogP) is 1.81. The summed E-state index contributed by atoms with van der Waals surface area (Å²) in [6, 6.07) is 0. The van der Waals surface area contributed by atoms with Gasteiger partial charge in [-0.3, -0.25) is 0 Å². The third kappa shape index (κ3) is 0.846. The Kier molecular flexibility index (Phi) is 0.904. The van der Waals surface area contributed by atoms with Crippen molar-refractivity contribution >= 4 is 0 Å². The van der Waals surface area contributed by atoms with Gasteiger partial charge in [0.2, 0.25) is 0 Å². The minimum atomic E-state index is 0.583. The number of allylic oxidation sites excluding steroid dienone is 1. The van der Waals surface area contributed by atoms with Gasteiger partial charge in [-0.05, 0) is 38.8 Å². The van der Waals surface area contributed by atoms with Crippen LogP contribution in [0, 0.1) is 0 Å². The van der Waals surface area contributed by atoms with E-state index in [1.165, 1.54) is 31.3 Å². The Morgan fingerprint density at radius 2 is 2.22 bits per heavy atom. The maximum atomic E-state index is 3.46. The smallest absolute Gasteiger partial charge is 0.0373 e. The molecule has 9 heavy (non-hydrogen) atoms. The lowest BCUT2D eigenvalue weighted by Crippen LogP contribution is -2.29. The summed E-state index contributed by atoms with van der Waals surface area (Å²) in [4.78, 5) is 0. The van der Waals surface area contributed by atoms with E-state index in [1.54, 1.807) is 0 Å². The summed E-state index contributed by atoms with van der Waals surface area (Å²) >= 11 is 0. The van der Waals surface area contributed by atoms with Gasteiger partial charge in [-0.2, -0.15) is 0 Å². The third-order valence-electron chi connectivity index (χ3n) is 2.48. The summed E-state index contributed by atoms with van der Waals surface area (Å²) in [5, 5.41) is 3.46. The van der Waals surface area contributed by atoms with E-state index in [9.17, 15) is 0 Å². The third-order valence-corrected chi connectivity index (χ3v) is 2.48. The van der Waals surface area contributed by atoms with Gasteiger partial charge in [0, 0.05) is 5.54 Å². The van der Waals surface area contributed by atoms with Gasteiger partial charge >= 0.3 is 0 Å². The number of hydrogen-bond acceptors (Lipinski definition) is 1. The maximum Gasteiger partial charge on any atom is 0.0373 e. The van der Waals surface area contributed by atoms with Gasteiger partial charge in [-0.15, -0.1) is 0 Å². The van der Waals surface area contributed by atoms with E-state index in [1.807, 2.05) is 0 Å². The van der Waals surface area contributed by atoms with E-state index in [-0.39, 0.29) is 0 Å². The zero-order chi connectivity index (χ0) is 6.32. The summed E-state index contributed by atoms with van der Waals surface area (Å²) in [6.07, 6.45) is 7.67.